The fraction of sp³-hybridized carbons (Fsp3) is 0.455. The number of hydrogen-bond acceptors (Lipinski definition) is 2. The largest absolute Gasteiger partial charge is 0.399 e. The first-order chi connectivity index (χ1) is 6.72. The highest BCUT2D eigenvalue weighted by Crippen LogP contribution is 2.16. The summed E-state index contributed by atoms with van der Waals surface area (Å²) in [5.41, 5.74) is 7.77. The molecule has 0 heterocycles. The quantitative estimate of drug-likeness (QED) is 0.628. The standard InChI is InChI=1S/C11H17BrN2/c1-2-3-4-14-8-9-5-10(12)7-11(13)6-9/h5-7,14H,2-4,8,13H2,1H3. The lowest BCUT2D eigenvalue weighted by Gasteiger charge is -2.05. The minimum atomic E-state index is 0.812. The number of halogens is 1. The summed E-state index contributed by atoms with van der Waals surface area (Å²) in [6.45, 7) is 4.16. The first-order valence-corrected chi connectivity index (χ1v) is 5.77. The summed E-state index contributed by atoms with van der Waals surface area (Å²) in [4.78, 5) is 0. The van der Waals surface area contributed by atoms with E-state index in [1.54, 1.807) is 0 Å². The van der Waals surface area contributed by atoms with Crippen molar-refractivity contribution in [2.45, 2.75) is 26.3 Å². The van der Waals surface area contributed by atoms with Crippen LogP contribution in [0.2, 0.25) is 0 Å². The highest BCUT2D eigenvalue weighted by atomic mass is 79.9. The van der Waals surface area contributed by atoms with Crippen LogP contribution in [0.15, 0.2) is 22.7 Å². The van der Waals surface area contributed by atoms with E-state index in [2.05, 4.69) is 34.2 Å². The van der Waals surface area contributed by atoms with E-state index in [0.717, 1.165) is 23.2 Å². The Morgan fingerprint density at radius 1 is 1.36 bits per heavy atom. The third-order valence-electron chi connectivity index (χ3n) is 2.02. The number of rotatable bonds is 5. The van der Waals surface area contributed by atoms with E-state index in [-0.39, 0.29) is 0 Å². The number of unbranched alkanes of at least 4 members (excludes halogenated alkanes) is 1. The Morgan fingerprint density at radius 2 is 2.14 bits per heavy atom. The van der Waals surface area contributed by atoms with E-state index in [1.165, 1.54) is 18.4 Å². The fourth-order valence-electron chi connectivity index (χ4n) is 1.31. The Balaban J connectivity index is 2.42. The topological polar surface area (TPSA) is 38.0 Å². The molecule has 0 amide bonds. The fourth-order valence-corrected chi connectivity index (χ4v) is 1.87. The van der Waals surface area contributed by atoms with Gasteiger partial charge in [-0.25, -0.2) is 0 Å². The normalized spacial score (nSPS) is 10.4. The lowest BCUT2D eigenvalue weighted by molar-refractivity contribution is 0.641. The van der Waals surface area contributed by atoms with Gasteiger partial charge in [0.15, 0.2) is 0 Å². The number of benzene rings is 1. The van der Waals surface area contributed by atoms with Crippen molar-refractivity contribution < 1.29 is 0 Å². The molecule has 0 saturated carbocycles. The second kappa shape index (κ2) is 6.04. The zero-order chi connectivity index (χ0) is 10.4. The van der Waals surface area contributed by atoms with Crippen LogP contribution in [0.4, 0.5) is 5.69 Å². The molecule has 0 aliphatic carbocycles. The molecule has 1 aromatic rings. The van der Waals surface area contributed by atoms with E-state index in [0.29, 0.717) is 0 Å². The van der Waals surface area contributed by atoms with Crippen LogP contribution < -0.4 is 11.1 Å². The molecular weight excluding hydrogens is 240 g/mol. The molecule has 1 rings (SSSR count). The van der Waals surface area contributed by atoms with E-state index in [1.807, 2.05) is 12.1 Å². The predicted octanol–water partition coefficient (Wildman–Crippen LogP) is 2.92. The molecule has 0 aromatic heterocycles. The second-order valence-electron chi connectivity index (χ2n) is 3.42. The summed E-state index contributed by atoms with van der Waals surface area (Å²) >= 11 is 3.43. The maximum absolute atomic E-state index is 5.73. The molecule has 0 saturated heterocycles. The van der Waals surface area contributed by atoms with Crippen molar-refractivity contribution in [2.75, 3.05) is 12.3 Å². The van der Waals surface area contributed by atoms with Gasteiger partial charge in [0.1, 0.15) is 0 Å². The molecule has 0 atom stereocenters. The van der Waals surface area contributed by atoms with Crippen LogP contribution in [0.1, 0.15) is 25.3 Å². The third-order valence-corrected chi connectivity index (χ3v) is 2.47. The monoisotopic (exact) mass is 256 g/mol. The summed E-state index contributed by atoms with van der Waals surface area (Å²) in [5, 5.41) is 3.38. The maximum Gasteiger partial charge on any atom is 0.0328 e. The molecule has 78 valence electrons. The van der Waals surface area contributed by atoms with Gasteiger partial charge in [0.05, 0.1) is 0 Å². The zero-order valence-corrected chi connectivity index (χ0v) is 10.1. The van der Waals surface area contributed by atoms with Crippen molar-refractivity contribution in [1.82, 2.24) is 5.32 Å². The number of hydrogen-bond donors (Lipinski definition) is 2. The lowest BCUT2D eigenvalue weighted by Crippen LogP contribution is -2.14. The van der Waals surface area contributed by atoms with Crippen molar-refractivity contribution >= 4 is 21.6 Å². The molecule has 1 aromatic carbocycles. The Bertz CT molecular complexity index is 266. The molecule has 2 nitrogen and oxygen atoms in total. The van der Waals surface area contributed by atoms with E-state index in [4.69, 9.17) is 5.73 Å². The first kappa shape index (κ1) is 11.5. The molecule has 0 fully saturated rings. The summed E-state index contributed by atoms with van der Waals surface area (Å²) in [5.74, 6) is 0. The number of nitrogens with two attached hydrogens (primary N) is 1. The average molecular weight is 257 g/mol. The Kier molecular flexibility index (Phi) is 4.98. The van der Waals surface area contributed by atoms with E-state index >= 15 is 0 Å². The van der Waals surface area contributed by atoms with Gasteiger partial charge in [-0.15, -0.1) is 0 Å². The zero-order valence-electron chi connectivity index (χ0n) is 8.52. The van der Waals surface area contributed by atoms with Gasteiger partial charge in [0.25, 0.3) is 0 Å². The van der Waals surface area contributed by atoms with Crippen LogP contribution in [-0.4, -0.2) is 6.54 Å². The lowest BCUT2D eigenvalue weighted by atomic mass is 10.2. The number of nitrogen functional groups attached to an aromatic ring is 1. The summed E-state index contributed by atoms with van der Waals surface area (Å²) < 4.78 is 1.05. The summed E-state index contributed by atoms with van der Waals surface area (Å²) in [6.07, 6.45) is 2.46. The van der Waals surface area contributed by atoms with Crippen molar-refractivity contribution in [2.24, 2.45) is 0 Å². The van der Waals surface area contributed by atoms with Crippen LogP contribution >= 0.6 is 15.9 Å². The third kappa shape index (κ3) is 4.11. The highest BCUT2D eigenvalue weighted by molar-refractivity contribution is 9.10. The van der Waals surface area contributed by atoms with Crippen LogP contribution in [0.3, 0.4) is 0 Å². The average Bonchev–Trinajstić information content (AvgIpc) is 2.11. The minimum absolute atomic E-state index is 0.812. The van der Waals surface area contributed by atoms with Gasteiger partial charge in [-0.3, -0.25) is 0 Å². The molecule has 0 unspecified atom stereocenters. The number of anilines is 1. The molecular formula is C11H17BrN2. The van der Waals surface area contributed by atoms with Gasteiger partial charge in [0, 0.05) is 16.7 Å². The van der Waals surface area contributed by atoms with Gasteiger partial charge in [-0.05, 0) is 36.7 Å². The first-order valence-electron chi connectivity index (χ1n) is 4.98. The molecule has 3 heteroatoms. The Labute approximate surface area is 94.0 Å². The molecule has 0 radical (unpaired) electrons. The smallest absolute Gasteiger partial charge is 0.0328 e. The van der Waals surface area contributed by atoms with E-state index in [9.17, 15) is 0 Å². The maximum atomic E-state index is 5.73. The summed E-state index contributed by atoms with van der Waals surface area (Å²) in [7, 11) is 0. The molecule has 0 bridgehead atoms. The van der Waals surface area contributed by atoms with Crippen molar-refractivity contribution in [3.8, 4) is 0 Å². The molecule has 3 N–H and O–H groups in total. The molecule has 0 aliphatic rings. The van der Waals surface area contributed by atoms with Gasteiger partial charge in [-0.2, -0.15) is 0 Å². The summed E-state index contributed by atoms with van der Waals surface area (Å²) in [6, 6.07) is 6.01. The molecule has 0 spiro atoms. The van der Waals surface area contributed by atoms with Crippen LogP contribution in [0.25, 0.3) is 0 Å². The Morgan fingerprint density at radius 3 is 2.79 bits per heavy atom. The van der Waals surface area contributed by atoms with Gasteiger partial charge in [0.2, 0.25) is 0 Å². The van der Waals surface area contributed by atoms with Crippen LogP contribution in [0, 0.1) is 0 Å². The van der Waals surface area contributed by atoms with Crippen LogP contribution in [0.5, 0.6) is 0 Å². The van der Waals surface area contributed by atoms with Gasteiger partial charge < -0.3 is 11.1 Å². The molecule has 14 heavy (non-hydrogen) atoms. The van der Waals surface area contributed by atoms with E-state index < -0.39 is 0 Å². The minimum Gasteiger partial charge on any atom is -0.399 e. The second-order valence-corrected chi connectivity index (χ2v) is 4.34. The predicted molar refractivity (Wildman–Crippen MR) is 65.2 cm³/mol. The van der Waals surface area contributed by atoms with Crippen molar-refractivity contribution in [3.05, 3.63) is 28.2 Å². The number of nitrogens with one attached hydrogen (secondary N) is 1. The molecule has 0 aliphatic heterocycles. The Hall–Kier alpha value is -0.540. The van der Waals surface area contributed by atoms with Gasteiger partial charge >= 0.3 is 0 Å². The van der Waals surface area contributed by atoms with Gasteiger partial charge in [-0.1, -0.05) is 29.3 Å². The highest BCUT2D eigenvalue weighted by Gasteiger charge is 1.96. The SMILES string of the molecule is CCCCNCc1cc(N)cc(Br)c1. The van der Waals surface area contributed by atoms with Crippen LogP contribution in [-0.2, 0) is 6.54 Å². The van der Waals surface area contributed by atoms with Crippen molar-refractivity contribution in [1.29, 1.82) is 0 Å². The van der Waals surface area contributed by atoms with Crippen molar-refractivity contribution in [3.63, 3.8) is 0 Å².